The zero-order valence-corrected chi connectivity index (χ0v) is 9.80. The van der Waals surface area contributed by atoms with Gasteiger partial charge in [0.15, 0.2) is 5.70 Å². The number of azo groups is 1. The van der Waals surface area contributed by atoms with Crippen LogP contribution in [-0.4, -0.2) is 6.61 Å². The molecule has 1 aromatic rings. The van der Waals surface area contributed by atoms with Crippen molar-refractivity contribution in [1.82, 2.24) is 0 Å². The van der Waals surface area contributed by atoms with Crippen LogP contribution in [-0.2, 0) is 9.84 Å². The number of rotatable bonds is 3. The van der Waals surface area contributed by atoms with Crippen LogP contribution in [0.2, 0.25) is 0 Å². The van der Waals surface area contributed by atoms with Crippen molar-refractivity contribution in [3.63, 3.8) is 0 Å². The highest BCUT2D eigenvalue weighted by Gasteiger charge is 2.14. The molecule has 0 aromatic heterocycles. The average Bonchev–Trinajstić information content (AvgIpc) is 2.80. The smallest absolute Gasteiger partial charge is 0.358 e. The summed E-state index contributed by atoms with van der Waals surface area (Å²) in [6.07, 6.45) is 1.64. The van der Waals surface area contributed by atoms with Gasteiger partial charge in [0.05, 0.1) is 12.3 Å². The molecule has 0 aliphatic carbocycles. The maximum Gasteiger partial charge on any atom is 0.358 e. The fraction of sp³-hybridized carbons (Fsp3) is 0.231. The van der Waals surface area contributed by atoms with Crippen LogP contribution in [0.15, 0.2) is 52.2 Å². The second-order valence-electron chi connectivity index (χ2n) is 3.70. The second kappa shape index (κ2) is 4.82. The summed E-state index contributed by atoms with van der Waals surface area (Å²) in [6, 6.07) is 7.89. The molecule has 0 bridgehead atoms. The Morgan fingerprint density at radius 1 is 1.24 bits per heavy atom. The van der Waals surface area contributed by atoms with Crippen LogP contribution in [0.4, 0.5) is 0 Å². The van der Waals surface area contributed by atoms with Gasteiger partial charge >= 0.3 is 5.95 Å². The quantitative estimate of drug-likeness (QED) is 0.732. The largest absolute Gasteiger partial charge is 0.461 e. The number of hydrogen-bond acceptors (Lipinski definition) is 3. The van der Waals surface area contributed by atoms with Gasteiger partial charge in [-0.05, 0) is 13.8 Å². The van der Waals surface area contributed by atoms with Crippen molar-refractivity contribution in [1.29, 1.82) is 0 Å². The van der Waals surface area contributed by atoms with Crippen molar-refractivity contribution >= 4 is 5.70 Å². The lowest BCUT2D eigenvalue weighted by Gasteiger charge is -1.98. The molecule has 1 aromatic carbocycles. The first-order valence-corrected chi connectivity index (χ1v) is 5.45. The molecule has 0 saturated carbocycles. The Labute approximate surface area is 100.0 Å². The molecule has 1 radical (unpaired) electrons. The van der Waals surface area contributed by atoms with Gasteiger partial charge in [-0.2, -0.15) is 0 Å². The molecule has 4 nitrogen and oxygen atoms in total. The minimum absolute atomic E-state index is 0.252. The van der Waals surface area contributed by atoms with Crippen LogP contribution in [0.3, 0.4) is 0 Å². The first kappa shape index (κ1) is 11.4. The van der Waals surface area contributed by atoms with E-state index in [2.05, 4.69) is 10.2 Å². The molecule has 2 rings (SSSR count). The molecule has 0 unspecified atom stereocenters. The molecule has 1 aliphatic rings. The standard InChI is InChI=1S/C13H13N2O2/c1-3-17-13(16)12-8-11(14-15-12)10-6-4-9(2)5-7-10/h4-8H,3H2,1-2H3. The average molecular weight is 229 g/mol. The van der Waals surface area contributed by atoms with Crippen LogP contribution in [0.5, 0.6) is 0 Å². The molecule has 0 spiro atoms. The van der Waals surface area contributed by atoms with E-state index in [1.54, 1.807) is 13.0 Å². The van der Waals surface area contributed by atoms with Crippen LogP contribution in [0.1, 0.15) is 18.1 Å². The number of benzene rings is 1. The Hall–Kier alpha value is -2.10. The highest BCUT2D eigenvalue weighted by atomic mass is 16.6. The molecule has 1 aliphatic heterocycles. The fourth-order valence-corrected chi connectivity index (χ4v) is 1.47. The van der Waals surface area contributed by atoms with Crippen LogP contribution < -0.4 is 0 Å². The minimum atomic E-state index is -0.432. The number of aryl methyl sites for hydroxylation is 1. The maximum absolute atomic E-state index is 11.4. The highest BCUT2D eigenvalue weighted by molar-refractivity contribution is 5.69. The summed E-state index contributed by atoms with van der Waals surface area (Å²) in [5, 5.41) is 19.2. The molecule has 1 heterocycles. The summed E-state index contributed by atoms with van der Waals surface area (Å²) >= 11 is 0. The molecule has 4 heteroatoms. The first-order chi connectivity index (χ1) is 8.20. The number of ether oxygens (including phenoxy) is 1. The summed E-state index contributed by atoms with van der Waals surface area (Å²) in [7, 11) is 0. The van der Waals surface area contributed by atoms with E-state index in [1.165, 1.54) is 5.56 Å². The normalized spacial score (nSPS) is 16.9. The van der Waals surface area contributed by atoms with Crippen molar-refractivity contribution in [2.75, 3.05) is 6.61 Å². The molecular formula is C13H13N2O2. The lowest BCUT2D eigenvalue weighted by molar-refractivity contribution is 0.0565. The highest BCUT2D eigenvalue weighted by Crippen LogP contribution is 2.27. The Kier molecular flexibility index (Phi) is 3.23. The van der Waals surface area contributed by atoms with E-state index in [1.807, 2.05) is 31.2 Å². The lowest BCUT2D eigenvalue weighted by Crippen LogP contribution is -1.90. The van der Waals surface area contributed by atoms with Gasteiger partial charge in [-0.3, -0.25) is 0 Å². The molecule has 0 atom stereocenters. The van der Waals surface area contributed by atoms with Gasteiger partial charge in [-0.25, -0.2) is 5.11 Å². The molecule has 87 valence electrons. The molecule has 0 amide bonds. The van der Waals surface area contributed by atoms with Gasteiger partial charge in [0.2, 0.25) is 0 Å². The number of hydrogen-bond donors (Lipinski definition) is 0. The fourth-order valence-electron chi connectivity index (χ4n) is 1.47. The number of nitrogens with zero attached hydrogens (tertiary/aromatic N) is 2. The van der Waals surface area contributed by atoms with Crippen molar-refractivity contribution in [2.45, 2.75) is 13.8 Å². The first-order valence-electron chi connectivity index (χ1n) is 5.45. The van der Waals surface area contributed by atoms with Crippen LogP contribution in [0, 0.1) is 6.92 Å². The van der Waals surface area contributed by atoms with E-state index in [4.69, 9.17) is 4.74 Å². The van der Waals surface area contributed by atoms with Gasteiger partial charge in [-0.15, -0.1) is 10.2 Å². The minimum Gasteiger partial charge on any atom is -0.461 e. The summed E-state index contributed by atoms with van der Waals surface area (Å²) in [5.74, 6) is -0.432. The third kappa shape index (κ3) is 2.53. The van der Waals surface area contributed by atoms with Gasteiger partial charge < -0.3 is 4.74 Å². The lowest BCUT2D eigenvalue weighted by atomic mass is 10.1. The Morgan fingerprint density at radius 3 is 2.59 bits per heavy atom. The second-order valence-corrected chi connectivity index (χ2v) is 3.70. The summed E-state index contributed by atoms with van der Waals surface area (Å²) in [6.45, 7) is 4.12. The summed E-state index contributed by atoms with van der Waals surface area (Å²) in [5.41, 5.74) is 3.06. The van der Waals surface area contributed by atoms with Crippen molar-refractivity contribution in [2.24, 2.45) is 10.2 Å². The van der Waals surface area contributed by atoms with E-state index in [-0.39, 0.29) is 5.70 Å². The summed E-state index contributed by atoms with van der Waals surface area (Å²) in [4.78, 5) is 0. The summed E-state index contributed by atoms with van der Waals surface area (Å²) < 4.78 is 4.85. The topological polar surface area (TPSA) is 53.8 Å². The Morgan fingerprint density at radius 2 is 1.94 bits per heavy atom. The maximum atomic E-state index is 11.4. The van der Waals surface area contributed by atoms with Crippen LogP contribution >= 0.6 is 0 Å². The van der Waals surface area contributed by atoms with E-state index in [0.717, 1.165) is 5.56 Å². The van der Waals surface area contributed by atoms with E-state index < -0.39 is 5.95 Å². The SMILES string of the molecule is CCOC([O])=C1C=C(c2ccc(C)cc2)N=N1. The van der Waals surface area contributed by atoms with Gasteiger partial charge in [0.1, 0.15) is 0 Å². The van der Waals surface area contributed by atoms with Crippen LogP contribution in [0.25, 0.3) is 5.70 Å². The Bertz CT molecular complexity index is 499. The molecule has 0 N–H and O–H groups in total. The molecule has 0 saturated heterocycles. The number of allylic oxidation sites excluding steroid dienone is 1. The zero-order chi connectivity index (χ0) is 12.3. The predicted octanol–water partition coefficient (Wildman–Crippen LogP) is 3.44. The van der Waals surface area contributed by atoms with E-state index in [0.29, 0.717) is 12.3 Å². The van der Waals surface area contributed by atoms with Crippen molar-refractivity contribution in [3.05, 3.63) is 53.1 Å². The van der Waals surface area contributed by atoms with Gasteiger partial charge in [-0.1, -0.05) is 29.8 Å². The van der Waals surface area contributed by atoms with Gasteiger partial charge in [0.25, 0.3) is 0 Å². The molecule has 17 heavy (non-hydrogen) atoms. The van der Waals surface area contributed by atoms with Gasteiger partial charge in [0, 0.05) is 11.6 Å². The Balaban J connectivity index is 2.26. The third-order valence-corrected chi connectivity index (χ3v) is 2.37. The van der Waals surface area contributed by atoms with E-state index in [9.17, 15) is 5.11 Å². The third-order valence-electron chi connectivity index (χ3n) is 2.37. The van der Waals surface area contributed by atoms with Crippen molar-refractivity contribution < 1.29 is 9.84 Å². The monoisotopic (exact) mass is 229 g/mol. The molecular weight excluding hydrogens is 216 g/mol. The molecule has 0 fully saturated rings. The predicted molar refractivity (Wildman–Crippen MR) is 63.4 cm³/mol. The van der Waals surface area contributed by atoms with Crippen molar-refractivity contribution in [3.8, 4) is 0 Å². The zero-order valence-electron chi connectivity index (χ0n) is 9.80. The van der Waals surface area contributed by atoms with E-state index >= 15 is 0 Å².